The first-order chi connectivity index (χ1) is 8.76. The van der Waals surface area contributed by atoms with Crippen LogP contribution in [0.3, 0.4) is 0 Å². The number of carbonyl (C=O) groups excluding carboxylic acids is 1. The van der Waals surface area contributed by atoms with E-state index in [1.165, 1.54) is 13.3 Å². The van der Waals surface area contributed by atoms with Crippen LogP contribution in [-0.2, 0) is 4.74 Å². The molecule has 6 nitrogen and oxygen atoms in total. The molecule has 0 aliphatic rings. The van der Waals surface area contributed by atoms with E-state index in [1.54, 1.807) is 31.6 Å². The van der Waals surface area contributed by atoms with Crippen molar-refractivity contribution >= 4 is 11.8 Å². The molecule has 2 aromatic heterocycles. The number of rotatable bonds is 3. The van der Waals surface area contributed by atoms with Gasteiger partial charge < -0.3 is 10.1 Å². The molecule has 18 heavy (non-hydrogen) atoms. The van der Waals surface area contributed by atoms with Crippen molar-refractivity contribution < 1.29 is 9.53 Å². The van der Waals surface area contributed by atoms with Crippen molar-refractivity contribution in [1.29, 1.82) is 0 Å². The van der Waals surface area contributed by atoms with Gasteiger partial charge in [0.05, 0.1) is 7.11 Å². The number of methoxy groups -OCH3 is 1. The van der Waals surface area contributed by atoms with Gasteiger partial charge in [0.2, 0.25) is 0 Å². The Morgan fingerprint density at radius 3 is 2.67 bits per heavy atom. The standard InChI is InChI=1S/C12H12N4O2/c1-13-11-9(12(17)18-2)7-15-10(16-11)8-3-5-14-6-4-8/h3-7H,1-2H3,(H,13,15,16). The molecule has 2 rings (SSSR count). The number of hydrogen-bond donors (Lipinski definition) is 1. The third-order valence-corrected chi connectivity index (χ3v) is 2.37. The van der Waals surface area contributed by atoms with Crippen LogP contribution in [0.5, 0.6) is 0 Å². The monoisotopic (exact) mass is 244 g/mol. The summed E-state index contributed by atoms with van der Waals surface area (Å²) in [6, 6.07) is 3.60. The molecule has 0 saturated carbocycles. The van der Waals surface area contributed by atoms with Crippen LogP contribution >= 0.6 is 0 Å². The molecule has 0 aliphatic carbocycles. The zero-order valence-electron chi connectivity index (χ0n) is 10.0. The fourth-order valence-corrected chi connectivity index (χ4v) is 1.47. The lowest BCUT2D eigenvalue weighted by Gasteiger charge is -2.07. The van der Waals surface area contributed by atoms with E-state index in [2.05, 4.69) is 25.0 Å². The number of hydrogen-bond acceptors (Lipinski definition) is 6. The Bertz CT molecular complexity index is 557. The van der Waals surface area contributed by atoms with Crippen LogP contribution in [0.15, 0.2) is 30.7 Å². The number of carbonyl (C=O) groups is 1. The maximum absolute atomic E-state index is 11.5. The lowest BCUT2D eigenvalue weighted by Crippen LogP contribution is -2.09. The van der Waals surface area contributed by atoms with E-state index in [9.17, 15) is 4.79 Å². The molecule has 0 amide bonds. The second-order valence-electron chi connectivity index (χ2n) is 3.43. The van der Waals surface area contributed by atoms with E-state index in [1.807, 2.05) is 0 Å². The highest BCUT2D eigenvalue weighted by molar-refractivity contribution is 5.94. The van der Waals surface area contributed by atoms with E-state index in [-0.39, 0.29) is 0 Å². The van der Waals surface area contributed by atoms with Gasteiger partial charge >= 0.3 is 5.97 Å². The van der Waals surface area contributed by atoms with Crippen molar-refractivity contribution in [1.82, 2.24) is 15.0 Å². The van der Waals surface area contributed by atoms with Gasteiger partial charge in [0.25, 0.3) is 0 Å². The van der Waals surface area contributed by atoms with Crippen molar-refractivity contribution in [3.05, 3.63) is 36.3 Å². The summed E-state index contributed by atoms with van der Waals surface area (Å²) < 4.78 is 4.66. The van der Waals surface area contributed by atoms with Gasteiger partial charge in [-0.2, -0.15) is 0 Å². The molecule has 92 valence electrons. The summed E-state index contributed by atoms with van der Waals surface area (Å²) in [5.41, 5.74) is 1.13. The van der Waals surface area contributed by atoms with Crippen LogP contribution in [0, 0.1) is 0 Å². The number of nitrogens with one attached hydrogen (secondary N) is 1. The first kappa shape index (κ1) is 12.0. The Balaban J connectivity index is 2.45. The highest BCUT2D eigenvalue weighted by atomic mass is 16.5. The van der Waals surface area contributed by atoms with Gasteiger partial charge in [-0.25, -0.2) is 14.8 Å². The third-order valence-electron chi connectivity index (χ3n) is 2.37. The molecule has 1 N–H and O–H groups in total. The Morgan fingerprint density at radius 1 is 1.33 bits per heavy atom. The van der Waals surface area contributed by atoms with E-state index in [4.69, 9.17) is 0 Å². The number of anilines is 1. The lowest BCUT2D eigenvalue weighted by molar-refractivity contribution is 0.0601. The SMILES string of the molecule is CNc1nc(-c2ccncc2)ncc1C(=O)OC. The smallest absolute Gasteiger partial charge is 0.343 e. The summed E-state index contributed by atoms with van der Waals surface area (Å²) in [4.78, 5) is 23.8. The number of ether oxygens (including phenoxy) is 1. The molecule has 0 bridgehead atoms. The zero-order chi connectivity index (χ0) is 13.0. The first-order valence-electron chi connectivity index (χ1n) is 5.29. The van der Waals surface area contributed by atoms with Crippen molar-refractivity contribution in [2.24, 2.45) is 0 Å². The molecule has 0 aliphatic heterocycles. The third kappa shape index (κ3) is 2.27. The van der Waals surface area contributed by atoms with Crippen LogP contribution in [-0.4, -0.2) is 35.1 Å². The minimum Gasteiger partial charge on any atom is -0.465 e. The Morgan fingerprint density at radius 2 is 2.06 bits per heavy atom. The van der Waals surface area contributed by atoms with Gasteiger partial charge in [-0.3, -0.25) is 4.98 Å². The number of pyridine rings is 1. The molecule has 0 atom stereocenters. The van der Waals surface area contributed by atoms with Gasteiger partial charge in [0, 0.05) is 31.2 Å². The van der Waals surface area contributed by atoms with E-state index in [0.717, 1.165) is 5.56 Å². The Hall–Kier alpha value is -2.50. The summed E-state index contributed by atoms with van der Waals surface area (Å²) in [6.07, 6.45) is 4.76. The Kier molecular flexibility index (Phi) is 3.47. The van der Waals surface area contributed by atoms with Crippen molar-refractivity contribution in [3.8, 4) is 11.4 Å². The number of nitrogens with zero attached hydrogens (tertiary/aromatic N) is 3. The highest BCUT2D eigenvalue weighted by Crippen LogP contribution is 2.18. The maximum atomic E-state index is 11.5. The van der Waals surface area contributed by atoms with Crippen LogP contribution in [0.4, 0.5) is 5.82 Å². The fourth-order valence-electron chi connectivity index (χ4n) is 1.47. The van der Waals surface area contributed by atoms with Gasteiger partial charge in [0.1, 0.15) is 11.4 Å². The average molecular weight is 244 g/mol. The van der Waals surface area contributed by atoms with E-state index < -0.39 is 5.97 Å². The normalized spacial score (nSPS) is 9.89. The molecule has 6 heteroatoms. The predicted octanol–water partition coefficient (Wildman–Crippen LogP) is 1.37. The van der Waals surface area contributed by atoms with Gasteiger partial charge in [-0.15, -0.1) is 0 Å². The summed E-state index contributed by atoms with van der Waals surface area (Å²) in [5.74, 6) is 0.485. The van der Waals surface area contributed by atoms with Gasteiger partial charge in [0.15, 0.2) is 5.82 Å². The van der Waals surface area contributed by atoms with Crippen molar-refractivity contribution in [2.45, 2.75) is 0 Å². The summed E-state index contributed by atoms with van der Waals surface area (Å²) in [5, 5.41) is 2.85. The summed E-state index contributed by atoms with van der Waals surface area (Å²) in [6.45, 7) is 0. The molecule has 0 aromatic carbocycles. The van der Waals surface area contributed by atoms with E-state index >= 15 is 0 Å². The molecule has 0 fully saturated rings. The minimum absolute atomic E-state index is 0.304. The van der Waals surface area contributed by atoms with Gasteiger partial charge in [-0.05, 0) is 12.1 Å². The van der Waals surface area contributed by atoms with E-state index in [0.29, 0.717) is 17.2 Å². The first-order valence-corrected chi connectivity index (χ1v) is 5.29. The molecule has 2 aromatic rings. The largest absolute Gasteiger partial charge is 0.465 e. The number of aromatic nitrogens is 3. The molecule has 0 unspecified atom stereocenters. The zero-order valence-corrected chi connectivity index (χ0v) is 10.0. The second-order valence-corrected chi connectivity index (χ2v) is 3.43. The Labute approximate surface area is 104 Å². The van der Waals surface area contributed by atoms with Crippen LogP contribution in [0.2, 0.25) is 0 Å². The van der Waals surface area contributed by atoms with Crippen LogP contribution in [0.25, 0.3) is 11.4 Å². The van der Waals surface area contributed by atoms with Crippen LogP contribution < -0.4 is 5.32 Å². The molecule has 0 spiro atoms. The molecular formula is C12H12N4O2. The topological polar surface area (TPSA) is 77.0 Å². The van der Waals surface area contributed by atoms with Crippen LogP contribution in [0.1, 0.15) is 10.4 Å². The molecular weight excluding hydrogens is 232 g/mol. The van der Waals surface area contributed by atoms with Crippen molar-refractivity contribution in [2.75, 3.05) is 19.5 Å². The quantitative estimate of drug-likeness (QED) is 0.821. The summed E-state index contributed by atoms with van der Waals surface area (Å²) >= 11 is 0. The fraction of sp³-hybridized carbons (Fsp3) is 0.167. The average Bonchev–Trinajstić information content (AvgIpc) is 2.46. The molecule has 0 radical (unpaired) electrons. The second kappa shape index (κ2) is 5.22. The summed E-state index contributed by atoms with van der Waals surface area (Å²) in [7, 11) is 3.00. The molecule has 0 saturated heterocycles. The van der Waals surface area contributed by atoms with Gasteiger partial charge in [-0.1, -0.05) is 0 Å². The molecule has 2 heterocycles. The van der Waals surface area contributed by atoms with Crippen molar-refractivity contribution in [3.63, 3.8) is 0 Å². The number of esters is 1. The maximum Gasteiger partial charge on any atom is 0.343 e. The highest BCUT2D eigenvalue weighted by Gasteiger charge is 2.14. The lowest BCUT2D eigenvalue weighted by atomic mass is 10.2. The predicted molar refractivity (Wildman–Crippen MR) is 66.1 cm³/mol. The minimum atomic E-state index is -0.472.